The molecule has 2 heterocycles. The summed E-state index contributed by atoms with van der Waals surface area (Å²) < 4.78 is 15.0. The molecule has 2 aromatic rings. The number of fused-ring (bicyclic) bond motifs is 1. The molecule has 1 unspecified atom stereocenters. The van der Waals surface area contributed by atoms with Crippen molar-refractivity contribution in [2.45, 2.75) is 32.0 Å². The van der Waals surface area contributed by atoms with Crippen LogP contribution in [0.4, 0.5) is 4.39 Å². The van der Waals surface area contributed by atoms with Gasteiger partial charge in [0.25, 0.3) is 5.91 Å². The summed E-state index contributed by atoms with van der Waals surface area (Å²) in [6.45, 7) is 3.53. The van der Waals surface area contributed by atoms with E-state index in [0.717, 1.165) is 0 Å². The summed E-state index contributed by atoms with van der Waals surface area (Å²) >= 11 is 5.85. The summed E-state index contributed by atoms with van der Waals surface area (Å²) in [5, 5.41) is 14.9. The third-order valence-corrected chi connectivity index (χ3v) is 4.76. The third-order valence-electron chi connectivity index (χ3n) is 4.47. The van der Waals surface area contributed by atoms with E-state index in [-0.39, 0.29) is 29.4 Å². The number of benzene rings is 1. The van der Waals surface area contributed by atoms with Crippen molar-refractivity contribution in [3.63, 3.8) is 0 Å². The smallest absolute Gasteiger partial charge is 0.252 e. The normalized spacial score (nSPS) is 17.1. The number of nitrogens with zero attached hydrogens (tertiary/aromatic N) is 3. The van der Waals surface area contributed by atoms with Crippen molar-refractivity contribution >= 4 is 23.9 Å². The molecule has 0 radical (unpaired) electrons. The van der Waals surface area contributed by atoms with E-state index in [1.807, 2.05) is 0 Å². The second-order valence-corrected chi connectivity index (χ2v) is 7.22. The summed E-state index contributed by atoms with van der Waals surface area (Å²) in [6, 6.07) is 3.39. The van der Waals surface area contributed by atoms with Crippen molar-refractivity contribution in [3.05, 3.63) is 40.3 Å². The van der Waals surface area contributed by atoms with Gasteiger partial charge in [0.15, 0.2) is 0 Å². The number of hydrogen-bond acceptors (Lipinski definition) is 4. The lowest BCUT2D eigenvalue weighted by atomic mass is 9.96. The number of nitrogens with two attached hydrogens (primary N) is 1. The monoisotopic (exact) mass is 380 g/mol. The van der Waals surface area contributed by atoms with E-state index in [0.29, 0.717) is 17.7 Å². The van der Waals surface area contributed by atoms with Gasteiger partial charge in [0, 0.05) is 12.1 Å². The number of carbonyl (C=O) groups excluding carboxylic acids is 2. The predicted molar refractivity (Wildman–Crippen MR) is 93.0 cm³/mol. The molecule has 1 atom stereocenters. The molecule has 3 rings (SSSR count). The van der Waals surface area contributed by atoms with Gasteiger partial charge in [0.1, 0.15) is 11.5 Å². The van der Waals surface area contributed by atoms with Crippen molar-refractivity contribution < 1.29 is 19.1 Å². The molecule has 0 spiro atoms. The Kier molecular flexibility index (Phi) is 4.49. The maximum atomic E-state index is 13.5. The standard InChI is InChI=1S/C17H18ClFN4O3/c1-17(2,26)13-7-22(8-24)6-12-14(16(20)25)15(21-23(12)13)9-3-4-11(19)10(18)5-9/h3-5,8,13,26H,6-7H2,1-2H3,(H2,20,25). The van der Waals surface area contributed by atoms with Gasteiger partial charge in [-0.15, -0.1) is 0 Å². The topological polar surface area (TPSA) is 101 Å². The molecule has 1 aliphatic heterocycles. The Balaban J connectivity index is 2.25. The highest BCUT2D eigenvalue weighted by molar-refractivity contribution is 6.31. The average Bonchev–Trinajstić information content (AvgIpc) is 2.94. The van der Waals surface area contributed by atoms with E-state index < -0.39 is 23.4 Å². The van der Waals surface area contributed by atoms with Crippen molar-refractivity contribution in [3.8, 4) is 11.3 Å². The molecule has 138 valence electrons. The maximum Gasteiger partial charge on any atom is 0.252 e. The molecule has 1 aliphatic rings. The minimum absolute atomic E-state index is 0.113. The fourth-order valence-electron chi connectivity index (χ4n) is 3.14. The average molecular weight is 381 g/mol. The Bertz CT molecular complexity index is 891. The van der Waals surface area contributed by atoms with Gasteiger partial charge in [-0.05, 0) is 32.0 Å². The summed E-state index contributed by atoms with van der Waals surface area (Å²) in [4.78, 5) is 24.9. The largest absolute Gasteiger partial charge is 0.388 e. The molecule has 9 heteroatoms. The Labute approximate surface area is 154 Å². The van der Waals surface area contributed by atoms with Gasteiger partial charge >= 0.3 is 0 Å². The number of rotatable bonds is 4. The lowest BCUT2D eigenvalue weighted by molar-refractivity contribution is -0.121. The Morgan fingerprint density at radius 2 is 2.19 bits per heavy atom. The number of primary amides is 1. The molecule has 1 aromatic heterocycles. The van der Waals surface area contributed by atoms with Crippen LogP contribution in [0.3, 0.4) is 0 Å². The van der Waals surface area contributed by atoms with Gasteiger partial charge < -0.3 is 15.7 Å². The maximum absolute atomic E-state index is 13.5. The van der Waals surface area contributed by atoms with Gasteiger partial charge in [-0.1, -0.05) is 11.6 Å². The lowest BCUT2D eigenvalue weighted by Crippen LogP contribution is -2.46. The van der Waals surface area contributed by atoms with Gasteiger partial charge in [0.05, 0.1) is 34.5 Å². The first-order valence-corrected chi connectivity index (χ1v) is 8.29. The SMILES string of the molecule is CC(C)(O)C1CN(C=O)Cc2c(C(N)=O)c(-c3ccc(F)c(Cl)c3)nn21. The van der Waals surface area contributed by atoms with Crippen molar-refractivity contribution in [2.24, 2.45) is 5.73 Å². The number of aromatic nitrogens is 2. The Hall–Kier alpha value is -2.45. The van der Waals surface area contributed by atoms with Gasteiger partial charge in [-0.2, -0.15) is 5.10 Å². The van der Waals surface area contributed by atoms with Crippen molar-refractivity contribution in [1.29, 1.82) is 0 Å². The summed E-state index contributed by atoms with van der Waals surface area (Å²) in [7, 11) is 0. The lowest BCUT2D eigenvalue weighted by Gasteiger charge is -2.38. The van der Waals surface area contributed by atoms with E-state index in [1.165, 1.54) is 27.8 Å². The summed E-state index contributed by atoms with van der Waals surface area (Å²) in [5.41, 5.74) is 5.53. The summed E-state index contributed by atoms with van der Waals surface area (Å²) in [5.74, 6) is -1.33. The molecular weight excluding hydrogens is 363 g/mol. The second kappa shape index (κ2) is 6.37. The minimum atomic E-state index is -1.21. The first-order valence-electron chi connectivity index (χ1n) is 7.91. The molecule has 0 fully saturated rings. The van der Waals surface area contributed by atoms with Crippen LogP contribution in [-0.2, 0) is 11.3 Å². The zero-order valence-corrected chi connectivity index (χ0v) is 15.0. The zero-order chi connectivity index (χ0) is 19.2. The molecule has 3 N–H and O–H groups in total. The van der Waals surface area contributed by atoms with E-state index in [2.05, 4.69) is 5.10 Å². The van der Waals surface area contributed by atoms with Crippen LogP contribution in [0.2, 0.25) is 5.02 Å². The van der Waals surface area contributed by atoms with E-state index >= 15 is 0 Å². The quantitative estimate of drug-likeness (QED) is 0.788. The summed E-state index contributed by atoms with van der Waals surface area (Å²) in [6.07, 6.45) is 0.647. The molecule has 2 amide bonds. The molecule has 0 aliphatic carbocycles. The first kappa shape index (κ1) is 18.3. The Morgan fingerprint density at radius 3 is 2.73 bits per heavy atom. The minimum Gasteiger partial charge on any atom is -0.388 e. The Morgan fingerprint density at radius 1 is 1.50 bits per heavy atom. The van der Waals surface area contributed by atoms with Crippen LogP contribution < -0.4 is 5.73 Å². The van der Waals surface area contributed by atoms with Gasteiger partial charge in [-0.3, -0.25) is 14.3 Å². The molecule has 26 heavy (non-hydrogen) atoms. The molecule has 1 aromatic carbocycles. The van der Waals surface area contributed by atoms with E-state index in [9.17, 15) is 19.1 Å². The van der Waals surface area contributed by atoms with Crippen LogP contribution in [0.5, 0.6) is 0 Å². The highest BCUT2D eigenvalue weighted by Crippen LogP contribution is 2.35. The van der Waals surface area contributed by atoms with Crippen LogP contribution in [0, 0.1) is 5.82 Å². The van der Waals surface area contributed by atoms with Crippen LogP contribution in [0.15, 0.2) is 18.2 Å². The van der Waals surface area contributed by atoms with Crippen molar-refractivity contribution in [2.75, 3.05) is 6.54 Å². The fraction of sp³-hybridized carbons (Fsp3) is 0.353. The van der Waals surface area contributed by atoms with Crippen LogP contribution in [0.25, 0.3) is 11.3 Å². The van der Waals surface area contributed by atoms with Crippen LogP contribution in [0.1, 0.15) is 35.9 Å². The molecule has 7 nitrogen and oxygen atoms in total. The number of amides is 2. The van der Waals surface area contributed by atoms with Crippen LogP contribution in [-0.4, -0.2) is 44.3 Å². The molecular formula is C17H18ClFN4O3. The first-order chi connectivity index (χ1) is 12.1. The third kappa shape index (κ3) is 3.06. The number of hydrogen-bond donors (Lipinski definition) is 2. The number of carbonyl (C=O) groups is 2. The zero-order valence-electron chi connectivity index (χ0n) is 14.2. The predicted octanol–water partition coefficient (Wildman–Crippen LogP) is 1.73. The van der Waals surface area contributed by atoms with E-state index in [1.54, 1.807) is 13.8 Å². The molecule has 0 saturated carbocycles. The highest BCUT2D eigenvalue weighted by atomic mass is 35.5. The number of aliphatic hydroxyl groups is 1. The molecule has 0 bridgehead atoms. The molecule has 0 saturated heterocycles. The van der Waals surface area contributed by atoms with Crippen molar-refractivity contribution in [1.82, 2.24) is 14.7 Å². The van der Waals surface area contributed by atoms with Gasteiger partial charge in [0.2, 0.25) is 6.41 Å². The van der Waals surface area contributed by atoms with E-state index in [4.69, 9.17) is 17.3 Å². The highest BCUT2D eigenvalue weighted by Gasteiger charge is 2.39. The fourth-order valence-corrected chi connectivity index (χ4v) is 3.32. The van der Waals surface area contributed by atoms with Gasteiger partial charge in [-0.25, -0.2) is 4.39 Å². The second-order valence-electron chi connectivity index (χ2n) is 6.81. The van der Waals surface area contributed by atoms with Crippen LogP contribution >= 0.6 is 11.6 Å². The number of halogens is 2.